The molecule has 2 heterocycles. The lowest BCUT2D eigenvalue weighted by atomic mass is 9.98. The second-order valence-electron chi connectivity index (χ2n) is 21.2. The Balaban J connectivity index is 1.73. The van der Waals surface area contributed by atoms with E-state index in [1.165, 1.54) is 128 Å². The molecular weight excluding hydrogens is 985 g/mol. The van der Waals surface area contributed by atoms with Crippen LogP contribution in [0.1, 0.15) is 226 Å². The number of unbranched alkanes of at least 4 members (excludes halogenated alkanes) is 24. The Bertz CT molecular complexity index is 1570. The second kappa shape index (κ2) is 48.0. The van der Waals surface area contributed by atoms with Crippen LogP contribution in [0.15, 0.2) is 60.8 Å². The lowest BCUT2D eigenvalue weighted by molar-refractivity contribution is -0.332. The van der Waals surface area contributed by atoms with E-state index in [0.29, 0.717) is 19.3 Å². The molecule has 0 saturated carbocycles. The molecule has 0 aromatic rings. The summed E-state index contributed by atoms with van der Waals surface area (Å²) in [5.41, 5.74) is 0. The molecule has 2 aliphatic rings. The van der Waals surface area contributed by atoms with Gasteiger partial charge in [-0.05, 0) is 51.4 Å². The summed E-state index contributed by atoms with van der Waals surface area (Å²) in [4.78, 5) is 25.9. The highest BCUT2D eigenvalue weighted by molar-refractivity contribution is 5.70. The minimum atomic E-state index is -1.78. The van der Waals surface area contributed by atoms with Crippen LogP contribution in [0.2, 0.25) is 0 Å². The van der Waals surface area contributed by atoms with E-state index < -0.39 is 99.3 Å². The van der Waals surface area contributed by atoms with Gasteiger partial charge in [0.25, 0.3) is 0 Å². The smallest absolute Gasteiger partial charge is 0.306 e. The molecule has 0 bridgehead atoms. The van der Waals surface area contributed by atoms with Gasteiger partial charge in [0.05, 0.1) is 19.8 Å². The summed E-state index contributed by atoms with van der Waals surface area (Å²) < 4.78 is 33.6. The van der Waals surface area contributed by atoms with Crippen molar-refractivity contribution in [2.45, 2.75) is 293 Å². The van der Waals surface area contributed by atoms with Crippen molar-refractivity contribution in [1.29, 1.82) is 0 Å². The number of aliphatic hydroxyl groups excluding tert-OH is 7. The van der Waals surface area contributed by atoms with Gasteiger partial charge in [0, 0.05) is 12.8 Å². The van der Waals surface area contributed by atoms with Crippen LogP contribution in [0.3, 0.4) is 0 Å². The number of allylic oxidation sites excluding steroid dienone is 10. The fraction of sp³-hybridized carbons (Fsp3) is 0.806. The van der Waals surface area contributed by atoms with Crippen LogP contribution >= 0.6 is 0 Å². The summed E-state index contributed by atoms with van der Waals surface area (Å²) in [6.07, 6.45) is 41.2. The third-order valence-electron chi connectivity index (χ3n) is 14.3. The van der Waals surface area contributed by atoms with Gasteiger partial charge in [-0.15, -0.1) is 0 Å². The van der Waals surface area contributed by atoms with Crippen molar-refractivity contribution in [3.63, 3.8) is 0 Å². The molecule has 446 valence electrons. The van der Waals surface area contributed by atoms with Gasteiger partial charge in [-0.1, -0.05) is 222 Å². The zero-order valence-corrected chi connectivity index (χ0v) is 47.7. The van der Waals surface area contributed by atoms with Crippen LogP contribution in [0.25, 0.3) is 0 Å². The summed E-state index contributed by atoms with van der Waals surface area (Å²) in [5, 5.41) is 72.3. The number of hydrogen-bond donors (Lipinski definition) is 7. The molecule has 0 radical (unpaired) electrons. The van der Waals surface area contributed by atoms with Crippen LogP contribution in [0.4, 0.5) is 0 Å². The standard InChI is InChI=1S/C62H108O15/c1-3-5-7-9-11-13-15-17-19-21-22-23-24-25-26-27-29-30-32-34-36-38-40-42-44-53(64)72-47-50(75-54(65)45-43-41-39-37-35-33-31-28-20-18-16-14-12-10-8-6-4-2)48-73-61-60(71)58(69)56(67)52(77-61)49-74-62-59(70)57(68)55(66)51(46-63)76-62/h6,8,12,14,18,20,31,33,37,39,50-52,55-63,66-71H,3-5,7,9-11,13,15-17,19,21-30,32,34-36,38,40-49H2,1-2H3/b8-6-,14-12-,20-18-,33-31-,39-37-. The summed E-state index contributed by atoms with van der Waals surface area (Å²) >= 11 is 0. The van der Waals surface area contributed by atoms with E-state index in [9.17, 15) is 45.3 Å². The molecule has 15 nitrogen and oxygen atoms in total. The van der Waals surface area contributed by atoms with Crippen LogP contribution in [-0.2, 0) is 38.0 Å². The van der Waals surface area contributed by atoms with E-state index in [2.05, 4.69) is 62.5 Å². The maximum Gasteiger partial charge on any atom is 0.306 e. The molecule has 2 fully saturated rings. The van der Waals surface area contributed by atoms with Gasteiger partial charge in [-0.3, -0.25) is 9.59 Å². The van der Waals surface area contributed by atoms with E-state index in [1.807, 2.05) is 12.2 Å². The number of hydrogen-bond acceptors (Lipinski definition) is 15. The first-order valence-electron chi connectivity index (χ1n) is 30.4. The Hall–Kier alpha value is -2.80. The van der Waals surface area contributed by atoms with Gasteiger partial charge in [0.15, 0.2) is 18.7 Å². The number of rotatable bonds is 48. The molecule has 7 N–H and O–H groups in total. The Morgan fingerprint density at radius 3 is 1.27 bits per heavy atom. The van der Waals surface area contributed by atoms with Crippen molar-refractivity contribution in [3.8, 4) is 0 Å². The van der Waals surface area contributed by atoms with Crippen molar-refractivity contribution in [2.75, 3.05) is 26.4 Å². The van der Waals surface area contributed by atoms with Crippen molar-refractivity contribution in [1.82, 2.24) is 0 Å². The van der Waals surface area contributed by atoms with Gasteiger partial charge in [-0.25, -0.2) is 0 Å². The summed E-state index contributed by atoms with van der Waals surface area (Å²) in [6.45, 7) is 2.45. The highest BCUT2D eigenvalue weighted by Gasteiger charge is 2.47. The second-order valence-corrected chi connectivity index (χ2v) is 21.2. The van der Waals surface area contributed by atoms with Crippen molar-refractivity contribution in [3.05, 3.63) is 60.8 Å². The minimum Gasteiger partial charge on any atom is -0.462 e. The van der Waals surface area contributed by atoms with Crippen molar-refractivity contribution in [2.24, 2.45) is 0 Å². The third kappa shape index (κ3) is 34.8. The van der Waals surface area contributed by atoms with Crippen molar-refractivity contribution < 1.29 is 73.8 Å². The fourth-order valence-corrected chi connectivity index (χ4v) is 9.37. The molecule has 0 aliphatic carbocycles. The number of esters is 2. The van der Waals surface area contributed by atoms with E-state index >= 15 is 0 Å². The molecule has 77 heavy (non-hydrogen) atoms. The van der Waals surface area contributed by atoms with Crippen LogP contribution in [-0.4, -0.2) is 142 Å². The Morgan fingerprint density at radius 1 is 0.429 bits per heavy atom. The quantitative estimate of drug-likeness (QED) is 0.0171. The average Bonchev–Trinajstić information content (AvgIpc) is 3.43. The molecule has 0 spiro atoms. The Morgan fingerprint density at radius 2 is 0.818 bits per heavy atom. The van der Waals surface area contributed by atoms with E-state index in [0.717, 1.165) is 51.4 Å². The fourth-order valence-electron chi connectivity index (χ4n) is 9.37. The lowest BCUT2D eigenvalue weighted by Gasteiger charge is -2.42. The Kier molecular flexibility index (Phi) is 43.8. The predicted octanol–water partition coefficient (Wildman–Crippen LogP) is 10.8. The largest absolute Gasteiger partial charge is 0.462 e. The van der Waals surface area contributed by atoms with Gasteiger partial charge in [0.1, 0.15) is 55.4 Å². The van der Waals surface area contributed by atoms with Gasteiger partial charge in [0.2, 0.25) is 0 Å². The van der Waals surface area contributed by atoms with Crippen LogP contribution < -0.4 is 0 Å². The first-order valence-corrected chi connectivity index (χ1v) is 30.4. The molecule has 0 aromatic carbocycles. The first kappa shape index (κ1) is 70.3. The van der Waals surface area contributed by atoms with Gasteiger partial charge < -0.3 is 64.2 Å². The average molecular weight is 1090 g/mol. The third-order valence-corrected chi connectivity index (χ3v) is 14.3. The minimum absolute atomic E-state index is 0.0864. The monoisotopic (exact) mass is 1090 g/mol. The summed E-state index contributed by atoms with van der Waals surface area (Å²) in [6, 6.07) is 0. The highest BCUT2D eigenvalue weighted by atomic mass is 16.7. The molecule has 11 atom stereocenters. The molecule has 15 heteroatoms. The van der Waals surface area contributed by atoms with Crippen LogP contribution in [0.5, 0.6) is 0 Å². The molecule has 2 saturated heterocycles. The number of carbonyl (C=O) groups excluding carboxylic acids is 2. The topological polar surface area (TPSA) is 231 Å². The SMILES string of the molecule is CC/C=C\C/C=C\C/C=C\C/C=C\C/C=C\CCCC(=O)OC(COC(=O)CCCCCCCCCCCCCCCCCCCCCCCCCC)COC1OC(COC2OC(CO)C(O)C(O)C2O)C(O)C(O)C1O. The van der Waals surface area contributed by atoms with Crippen molar-refractivity contribution >= 4 is 11.9 Å². The van der Waals surface area contributed by atoms with Gasteiger partial charge in [-0.2, -0.15) is 0 Å². The highest BCUT2D eigenvalue weighted by Crippen LogP contribution is 2.27. The predicted molar refractivity (Wildman–Crippen MR) is 303 cm³/mol. The maximum absolute atomic E-state index is 13.0. The molecule has 2 rings (SSSR count). The van der Waals surface area contributed by atoms with E-state index in [1.54, 1.807) is 0 Å². The number of aliphatic hydroxyl groups is 7. The van der Waals surface area contributed by atoms with E-state index in [-0.39, 0.29) is 19.4 Å². The zero-order valence-electron chi connectivity index (χ0n) is 47.7. The lowest BCUT2D eigenvalue weighted by Crippen LogP contribution is -2.61. The molecule has 11 unspecified atom stereocenters. The molecular formula is C62H108O15. The molecule has 0 aromatic heterocycles. The van der Waals surface area contributed by atoms with Crippen LogP contribution in [0, 0.1) is 0 Å². The normalized spacial score (nSPS) is 24.6. The van der Waals surface area contributed by atoms with E-state index in [4.69, 9.17) is 28.4 Å². The molecule has 2 aliphatic heterocycles. The zero-order chi connectivity index (χ0) is 56.0. The first-order chi connectivity index (χ1) is 37.5. The maximum atomic E-state index is 13.0. The molecule has 0 amide bonds. The number of ether oxygens (including phenoxy) is 6. The van der Waals surface area contributed by atoms with Gasteiger partial charge >= 0.3 is 11.9 Å². The number of carbonyl (C=O) groups is 2. The Labute approximate surface area is 464 Å². The summed E-state index contributed by atoms with van der Waals surface area (Å²) in [7, 11) is 0. The summed E-state index contributed by atoms with van der Waals surface area (Å²) in [5.74, 6) is -0.987.